The van der Waals surface area contributed by atoms with Crippen LogP contribution >= 0.6 is 11.6 Å². The average Bonchev–Trinajstić information content (AvgIpc) is 2.37. The molecule has 19 heavy (non-hydrogen) atoms. The molecule has 0 radical (unpaired) electrons. The number of rotatable bonds is 4. The van der Waals surface area contributed by atoms with Crippen molar-refractivity contribution in [3.8, 4) is 5.75 Å². The maximum Gasteiger partial charge on any atom is 0.138 e. The lowest BCUT2D eigenvalue weighted by atomic mass is 10.1. The summed E-state index contributed by atoms with van der Waals surface area (Å²) in [5, 5.41) is 0.579. The van der Waals surface area contributed by atoms with Crippen LogP contribution in [0.2, 0.25) is 5.02 Å². The number of nitrogens with two attached hydrogens (primary N) is 1. The fourth-order valence-corrected chi connectivity index (χ4v) is 2.02. The zero-order valence-electron chi connectivity index (χ0n) is 11.1. The van der Waals surface area contributed by atoms with E-state index in [2.05, 4.69) is 4.98 Å². The Morgan fingerprint density at radius 2 is 2.11 bits per heavy atom. The summed E-state index contributed by atoms with van der Waals surface area (Å²) in [5.41, 5.74) is 8.93. The molecule has 1 aromatic heterocycles. The molecule has 0 amide bonds. The molecule has 0 unspecified atom stereocenters. The van der Waals surface area contributed by atoms with Gasteiger partial charge in [0.15, 0.2) is 0 Å². The molecular formula is C15H17ClN2O. The Bertz CT molecular complexity index is 570. The van der Waals surface area contributed by atoms with Crippen molar-refractivity contribution in [1.29, 1.82) is 0 Å². The van der Waals surface area contributed by atoms with Crippen molar-refractivity contribution in [2.45, 2.75) is 26.5 Å². The maximum absolute atomic E-state index is 6.17. The van der Waals surface area contributed by atoms with Gasteiger partial charge >= 0.3 is 0 Å². The van der Waals surface area contributed by atoms with E-state index in [0.717, 1.165) is 16.7 Å². The zero-order valence-corrected chi connectivity index (χ0v) is 11.8. The van der Waals surface area contributed by atoms with Crippen molar-refractivity contribution in [1.82, 2.24) is 4.98 Å². The van der Waals surface area contributed by atoms with Crippen molar-refractivity contribution in [2.24, 2.45) is 5.73 Å². The van der Waals surface area contributed by atoms with Gasteiger partial charge in [-0.25, -0.2) is 0 Å². The molecule has 0 aliphatic rings. The van der Waals surface area contributed by atoms with Crippen molar-refractivity contribution in [3.63, 3.8) is 0 Å². The molecule has 0 saturated heterocycles. The molecule has 0 aliphatic carbocycles. The summed E-state index contributed by atoms with van der Waals surface area (Å²) in [6.45, 7) is 4.37. The van der Waals surface area contributed by atoms with Crippen LogP contribution in [0.5, 0.6) is 5.75 Å². The SMILES string of the molecule is Cc1cncc(COc2ccc([C@@H](C)N)cc2Cl)c1. The normalized spacial score (nSPS) is 12.2. The van der Waals surface area contributed by atoms with E-state index in [1.165, 1.54) is 0 Å². The number of halogens is 1. The zero-order chi connectivity index (χ0) is 13.8. The van der Waals surface area contributed by atoms with Crippen molar-refractivity contribution >= 4 is 11.6 Å². The fraction of sp³-hybridized carbons (Fsp3) is 0.267. The van der Waals surface area contributed by atoms with Crippen LogP contribution in [-0.4, -0.2) is 4.98 Å². The van der Waals surface area contributed by atoms with Gasteiger partial charge in [0.25, 0.3) is 0 Å². The Morgan fingerprint density at radius 3 is 2.74 bits per heavy atom. The minimum Gasteiger partial charge on any atom is -0.487 e. The van der Waals surface area contributed by atoms with Gasteiger partial charge in [-0.05, 0) is 43.2 Å². The molecule has 0 fully saturated rings. The lowest BCUT2D eigenvalue weighted by Gasteiger charge is -2.11. The highest BCUT2D eigenvalue weighted by Gasteiger charge is 2.06. The van der Waals surface area contributed by atoms with Gasteiger partial charge in [-0.3, -0.25) is 4.98 Å². The molecule has 2 aromatic rings. The van der Waals surface area contributed by atoms with Gasteiger partial charge in [0, 0.05) is 24.0 Å². The number of aromatic nitrogens is 1. The van der Waals surface area contributed by atoms with Crippen LogP contribution in [0, 0.1) is 6.92 Å². The van der Waals surface area contributed by atoms with E-state index in [0.29, 0.717) is 17.4 Å². The topological polar surface area (TPSA) is 48.1 Å². The third-order valence-electron chi connectivity index (χ3n) is 2.81. The van der Waals surface area contributed by atoms with Gasteiger partial charge in [-0.1, -0.05) is 17.7 Å². The van der Waals surface area contributed by atoms with E-state index in [-0.39, 0.29) is 6.04 Å². The van der Waals surface area contributed by atoms with Gasteiger partial charge in [0.05, 0.1) is 5.02 Å². The first-order valence-electron chi connectivity index (χ1n) is 6.14. The highest BCUT2D eigenvalue weighted by atomic mass is 35.5. The first kappa shape index (κ1) is 13.8. The smallest absolute Gasteiger partial charge is 0.138 e. The second-order valence-corrected chi connectivity index (χ2v) is 5.04. The van der Waals surface area contributed by atoms with Crippen LogP contribution in [0.3, 0.4) is 0 Å². The molecule has 100 valence electrons. The summed E-state index contributed by atoms with van der Waals surface area (Å²) in [7, 11) is 0. The molecule has 0 saturated carbocycles. The second-order valence-electron chi connectivity index (χ2n) is 4.64. The van der Waals surface area contributed by atoms with E-state index in [1.54, 1.807) is 6.20 Å². The molecule has 1 atom stereocenters. The highest BCUT2D eigenvalue weighted by Crippen LogP contribution is 2.28. The van der Waals surface area contributed by atoms with E-state index in [1.807, 2.05) is 44.3 Å². The number of hydrogen-bond acceptors (Lipinski definition) is 3. The van der Waals surface area contributed by atoms with Gasteiger partial charge in [0.1, 0.15) is 12.4 Å². The molecule has 2 N–H and O–H groups in total. The van der Waals surface area contributed by atoms with Crippen LogP contribution in [0.1, 0.15) is 29.7 Å². The number of aryl methyl sites for hydroxylation is 1. The second kappa shape index (κ2) is 6.04. The lowest BCUT2D eigenvalue weighted by molar-refractivity contribution is 0.305. The number of nitrogens with zero attached hydrogens (tertiary/aromatic N) is 1. The Hall–Kier alpha value is -1.58. The number of benzene rings is 1. The predicted molar refractivity (Wildman–Crippen MR) is 77.4 cm³/mol. The van der Waals surface area contributed by atoms with Crippen molar-refractivity contribution in [3.05, 3.63) is 58.4 Å². The summed E-state index contributed by atoms with van der Waals surface area (Å²) < 4.78 is 5.70. The van der Waals surface area contributed by atoms with Gasteiger partial charge in [0.2, 0.25) is 0 Å². The predicted octanol–water partition coefficient (Wildman–Crippen LogP) is 3.64. The standard InChI is InChI=1S/C15H17ClN2O/c1-10-5-12(8-18-7-10)9-19-15-4-3-13(11(2)17)6-14(15)16/h3-8,11H,9,17H2,1-2H3/t11-/m1/s1. The number of ether oxygens (including phenoxy) is 1. The van der Waals surface area contributed by atoms with E-state index in [9.17, 15) is 0 Å². The summed E-state index contributed by atoms with van der Waals surface area (Å²) in [6, 6.07) is 7.63. The first-order valence-corrected chi connectivity index (χ1v) is 6.52. The number of hydrogen-bond donors (Lipinski definition) is 1. The third-order valence-corrected chi connectivity index (χ3v) is 3.10. The van der Waals surface area contributed by atoms with E-state index in [4.69, 9.17) is 22.1 Å². The Morgan fingerprint density at radius 1 is 1.32 bits per heavy atom. The summed E-state index contributed by atoms with van der Waals surface area (Å²) in [5.74, 6) is 0.660. The van der Waals surface area contributed by atoms with E-state index >= 15 is 0 Å². The largest absolute Gasteiger partial charge is 0.487 e. The monoisotopic (exact) mass is 276 g/mol. The van der Waals surface area contributed by atoms with Crippen molar-refractivity contribution < 1.29 is 4.74 Å². The van der Waals surface area contributed by atoms with Crippen LogP contribution < -0.4 is 10.5 Å². The van der Waals surface area contributed by atoms with Crippen LogP contribution in [-0.2, 0) is 6.61 Å². The minimum atomic E-state index is -0.0347. The lowest BCUT2D eigenvalue weighted by Crippen LogP contribution is -2.05. The van der Waals surface area contributed by atoms with Crippen LogP contribution in [0.4, 0.5) is 0 Å². The van der Waals surface area contributed by atoms with Crippen LogP contribution in [0.25, 0.3) is 0 Å². The molecule has 4 heteroatoms. The summed E-state index contributed by atoms with van der Waals surface area (Å²) in [6.07, 6.45) is 3.60. The van der Waals surface area contributed by atoms with Gasteiger partial charge in [-0.15, -0.1) is 0 Å². The number of pyridine rings is 1. The van der Waals surface area contributed by atoms with Crippen LogP contribution in [0.15, 0.2) is 36.7 Å². The molecule has 1 aromatic carbocycles. The molecular weight excluding hydrogens is 260 g/mol. The Balaban J connectivity index is 2.07. The molecule has 3 nitrogen and oxygen atoms in total. The summed E-state index contributed by atoms with van der Waals surface area (Å²) >= 11 is 6.17. The Labute approximate surface area is 118 Å². The molecule has 1 heterocycles. The Kier molecular flexibility index (Phi) is 4.40. The molecule has 0 bridgehead atoms. The average molecular weight is 277 g/mol. The van der Waals surface area contributed by atoms with Gasteiger partial charge in [-0.2, -0.15) is 0 Å². The first-order chi connectivity index (χ1) is 9.06. The molecule has 0 spiro atoms. The fourth-order valence-electron chi connectivity index (χ4n) is 1.77. The summed E-state index contributed by atoms with van der Waals surface area (Å²) in [4.78, 5) is 4.13. The quantitative estimate of drug-likeness (QED) is 0.927. The van der Waals surface area contributed by atoms with E-state index < -0.39 is 0 Å². The van der Waals surface area contributed by atoms with Gasteiger partial charge < -0.3 is 10.5 Å². The molecule has 0 aliphatic heterocycles. The highest BCUT2D eigenvalue weighted by molar-refractivity contribution is 6.32. The van der Waals surface area contributed by atoms with Crippen molar-refractivity contribution in [2.75, 3.05) is 0 Å². The minimum absolute atomic E-state index is 0.0347. The maximum atomic E-state index is 6.17. The molecule has 2 rings (SSSR count). The third kappa shape index (κ3) is 3.69.